The molecule has 4 nitrogen and oxygen atoms in total. The summed E-state index contributed by atoms with van der Waals surface area (Å²) in [7, 11) is 0. The maximum Gasteiger partial charge on any atom is 0.371 e. The van der Waals surface area contributed by atoms with Gasteiger partial charge in [0.2, 0.25) is 5.76 Å². The van der Waals surface area contributed by atoms with Crippen molar-refractivity contribution in [2.45, 2.75) is 19.5 Å². The fourth-order valence-electron chi connectivity index (χ4n) is 1.71. The van der Waals surface area contributed by atoms with Crippen molar-refractivity contribution in [3.8, 4) is 0 Å². The summed E-state index contributed by atoms with van der Waals surface area (Å²) >= 11 is 3.40. The maximum absolute atomic E-state index is 10.7. The van der Waals surface area contributed by atoms with E-state index >= 15 is 0 Å². The number of rotatable bonds is 5. The first-order valence-corrected chi connectivity index (χ1v) is 6.66. The minimum atomic E-state index is -1.05. The Balaban J connectivity index is 1.94. The summed E-state index contributed by atoms with van der Waals surface area (Å²) in [5.41, 5.74) is 1.16. The van der Waals surface area contributed by atoms with Gasteiger partial charge in [-0.25, -0.2) is 4.79 Å². The Kier molecular flexibility index (Phi) is 4.39. The van der Waals surface area contributed by atoms with Gasteiger partial charge in [-0.1, -0.05) is 28.1 Å². The quantitative estimate of drug-likeness (QED) is 0.882. The van der Waals surface area contributed by atoms with E-state index in [1.807, 2.05) is 31.2 Å². The molecule has 0 fully saturated rings. The number of carboxylic acids is 1. The van der Waals surface area contributed by atoms with E-state index in [0.29, 0.717) is 12.3 Å². The van der Waals surface area contributed by atoms with E-state index in [0.717, 1.165) is 10.0 Å². The van der Waals surface area contributed by atoms with Gasteiger partial charge < -0.3 is 14.8 Å². The van der Waals surface area contributed by atoms with Crippen molar-refractivity contribution in [1.29, 1.82) is 0 Å². The minimum Gasteiger partial charge on any atom is -0.475 e. The normalized spacial score (nSPS) is 12.3. The first-order valence-electron chi connectivity index (χ1n) is 5.87. The predicted octanol–water partition coefficient (Wildman–Crippen LogP) is 3.59. The van der Waals surface area contributed by atoms with Crippen molar-refractivity contribution in [1.82, 2.24) is 5.32 Å². The number of carboxylic acid groups (broad SMARTS) is 1. The molecule has 2 rings (SSSR count). The van der Waals surface area contributed by atoms with Crippen LogP contribution in [0.1, 0.15) is 34.8 Å². The Labute approximate surface area is 119 Å². The van der Waals surface area contributed by atoms with Crippen LogP contribution in [0.3, 0.4) is 0 Å². The molecule has 2 N–H and O–H groups in total. The molecule has 1 aromatic heterocycles. The van der Waals surface area contributed by atoms with Gasteiger partial charge in [0.25, 0.3) is 0 Å². The summed E-state index contributed by atoms with van der Waals surface area (Å²) in [4.78, 5) is 10.7. The Morgan fingerprint density at radius 3 is 2.58 bits per heavy atom. The Morgan fingerprint density at radius 1 is 1.32 bits per heavy atom. The lowest BCUT2D eigenvalue weighted by Gasteiger charge is -2.13. The number of carbonyl (C=O) groups is 1. The summed E-state index contributed by atoms with van der Waals surface area (Å²) in [5, 5.41) is 12.0. The SMILES string of the molecule is CC(NCc1ccc(C(=O)O)o1)c1ccc(Br)cc1. The smallest absolute Gasteiger partial charge is 0.371 e. The second-order valence-corrected chi connectivity index (χ2v) is 5.14. The molecule has 0 saturated carbocycles. The maximum atomic E-state index is 10.7. The van der Waals surface area contributed by atoms with Crippen LogP contribution < -0.4 is 5.32 Å². The van der Waals surface area contributed by atoms with Crippen LogP contribution in [0.5, 0.6) is 0 Å². The topological polar surface area (TPSA) is 62.5 Å². The molecule has 0 aliphatic heterocycles. The molecule has 1 heterocycles. The van der Waals surface area contributed by atoms with Gasteiger partial charge in [-0.05, 0) is 36.8 Å². The van der Waals surface area contributed by atoms with Crippen molar-refractivity contribution in [3.63, 3.8) is 0 Å². The van der Waals surface area contributed by atoms with E-state index in [1.54, 1.807) is 6.07 Å². The van der Waals surface area contributed by atoms with Crippen LogP contribution in [-0.4, -0.2) is 11.1 Å². The fraction of sp³-hybridized carbons (Fsp3) is 0.214. The predicted molar refractivity (Wildman–Crippen MR) is 75.1 cm³/mol. The summed E-state index contributed by atoms with van der Waals surface area (Å²) in [6.45, 7) is 2.54. The van der Waals surface area contributed by atoms with Crippen LogP contribution in [0.15, 0.2) is 45.3 Å². The van der Waals surface area contributed by atoms with Crippen LogP contribution in [0, 0.1) is 0 Å². The van der Waals surface area contributed by atoms with E-state index in [1.165, 1.54) is 6.07 Å². The van der Waals surface area contributed by atoms with Crippen molar-refractivity contribution in [3.05, 3.63) is 58.0 Å². The molecule has 0 aliphatic carbocycles. The standard InChI is InChI=1S/C14H14BrNO3/c1-9(10-2-4-11(15)5-3-10)16-8-12-6-7-13(19-12)14(17)18/h2-7,9,16H,8H2,1H3,(H,17,18). The highest BCUT2D eigenvalue weighted by atomic mass is 79.9. The van der Waals surface area contributed by atoms with Gasteiger partial charge >= 0.3 is 5.97 Å². The number of aromatic carboxylic acids is 1. The molecule has 100 valence electrons. The van der Waals surface area contributed by atoms with Gasteiger partial charge in [-0.2, -0.15) is 0 Å². The average Bonchev–Trinajstić information content (AvgIpc) is 2.86. The van der Waals surface area contributed by atoms with Gasteiger partial charge in [0.05, 0.1) is 6.54 Å². The first kappa shape index (κ1) is 13.8. The zero-order valence-electron chi connectivity index (χ0n) is 10.4. The molecular weight excluding hydrogens is 310 g/mol. The molecule has 19 heavy (non-hydrogen) atoms. The third-order valence-corrected chi connectivity index (χ3v) is 3.35. The van der Waals surface area contributed by atoms with E-state index in [4.69, 9.17) is 9.52 Å². The van der Waals surface area contributed by atoms with Crippen LogP contribution in [-0.2, 0) is 6.54 Å². The van der Waals surface area contributed by atoms with Crippen molar-refractivity contribution in [2.24, 2.45) is 0 Å². The lowest BCUT2D eigenvalue weighted by molar-refractivity contribution is 0.0660. The molecule has 0 saturated heterocycles. The molecule has 1 atom stereocenters. The zero-order valence-corrected chi connectivity index (χ0v) is 12.0. The number of furan rings is 1. The number of nitrogens with one attached hydrogen (secondary N) is 1. The van der Waals surface area contributed by atoms with E-state index < -0.39 is 5.97 Å². The molecular formula is C14H14BrNO3. The highest BCUT2D eigenvalue weighted by molar-refractivity contribution is 9.10. The van der Waals surface area contributed by atoms with Gasteiger partial charge in [-0.3, -0.25) is 0 Å². The van der Waals surface area contributed by atoms with Crippen molar-refractivity contribution >= 4 is 21.9 Å². The molecule has 1 aromatic carbocycles. The van der Waals surface area contributed by atoms with Crippen LogP contribution in [0.4, 0.5) is 0 Å². The van der Waals surface area contributed by atoms with Crippen LogP contribution >= 0.6 is 15.9 Å². The number of hydrogen-bond donors (Lipinski definition) is 2. The molecule has 1 unspecified atom stereocenters. The van der Waals surface area contributed by atoms with E-state index in [9.17, 15) is 4.79 Å². The third-order valence-electron chi connectivity index (χ3n) is 2.82. The lowest BCUT2D eigenvalue weighted by atomic mass is 10.1. The van der Waals surface area contributed by atoms with Gasteiger partial charge in [-0.15, -0.1) is 0 Å². The Hall–Kier alpha value is -1.59. The van der Waals surface area contributed by atoms with Gasteiger partial charge in [0.1, 0.15) is 5.76 Å². The van der Waals surface area contributed by atoms with Crippen molar-refractivity contribution < 1.29 is 14.3 Å². The lowest BCUT2D eigenvalue weighted by Crippen LogP contribution is -2.17. The summed E-state index contributed by atoms with van der Waals surface area (Å²) in [6, 6.07) is 11.3. The highest BCUT2D eigenvalue weighted by Gasteiger charge is 2.10. The van der Waals surface area contributed by atoms with Crippen LogP contribution in [0.25, 0.3) is 0 Å². The number of benzene rings is 1. The molecule has 0 bridgehead atoms. The second kappa shape index (κ2) is 6.04. The summed E-state index contributed by atoms with van der Waals surface area (Å²) in [6.07, 6.45) is 0. The number of halogens is 1. The van der Waals surface area contributed by atoms with Crippen molar-refractivity contribution in [2.75, 3.05) is 0 Å². The molecule has 0 radical (unpaired) electrons. The largest absolute Gasteiger partial charge is 0.475 e. The third kappa shape index (κ3) is 3.68. The minimum absolute atomic E-state index is 0.0342. The Bertz CT molecular complexity index is 562. The molecule has 0 spiro atoms. The monoisotopic (exact) mass is 323 g/mol. The summed E-state index contributed by atoms with van der Waals surface area (Å²) < 4.78 is 6.22. The second-order valence-electron chi connectivity index (χ2n) is 4.23. The van der Waals surface area contributed by atoms with E-state index in [2.05, 4.69) is 21.2 Å². The molecule has 2 aromatic rings. The molecule has 0 aliphatic rings. The fourth-order valence-corrected chi connectivity index (χ4v) is 1.98. The first-order chi connectivity index (χ1) is 9.06. The number of hydrogen-bond acceptors (Lipinski definition) is 3. The van der Waals surface area contributed by atoms with Gasteiger partial charge in [0.15, 0.2) is 0 Å². The molecule has 5 heteroatoms. The van der Waals surface area contributed by atoms with Gasteiger partial charge in [0, 0.05) is 10.5 Å². The van der Waals surface area contributed by atoms with E-state index in [-0.39, 0.29) is 11.8 Å². The average molecular weight is 324 g/mol. The van der Waals surface area contributed by atoms with Crippen LogP contribution in [0.2, 0.25) is 0 Å². The Morgan fingerprint density at radius 2 is 2.00 bits per heavy atom. The zero-order chi connectivity index (χ0) is 13.8. The molecule has 0 amide bonds. The summed E-state index contributed by atoms with van der Waals surface area (Å²) in [5.74, 6) is -0.471. The highest BCUT2D eigenvalue weighted by Crippen LogP contribution is 2.17.